The summed E-state index contributed by atoms with van der Waals surface area (Å²) < 4.78 is 19.4. The number of likely N-dealkylation sites (N-methyl/N-ethyl adjacent to an activating group) is 1. The molecule has 3 N–H and O–H groups in total. The number of nitrogens with zero attached hydrogens (tertiary/aromatic N) is 1. The number of rotatable bonds is 9. The van der Waals surface area contributed by atoms with Gasteiger partial charge in [0.2, 0.25) is 5.91 Å². The summed E-state index contributed by atoms with van der Waals surface area (Å²) in [6, 6.07) is 8.33. The number of hydrogen-bond donors (Lipinski definition) is 3. The van der Waals surface area contributed by atoms with Crippen molar-refractivity contribution < 1.29 is 28.3 Å². The van der Waals surface area contributed by atoms with Crippen LogP contribution in [0.2, 0.25) is 0 Å². The van der Waals surface area contributed by atoms with E-state index in [1.54, 1.807) is 18.2 Å². The second-order valence-corrected chi connectivity index (χ2v) is 7.39. The van der Waals surface area contributed by atoms with Crippen LogP contribution in [0.4, 0.5) is 14.9 Å². The number of nitrogens with one attached hydrogen (secondary N) is 3. The smallest absolute Gasteiger partial charge is 0.410 e. The molecule has 33 heavy (non-hydrogen) atoms. The summed E-state index contributed by atoms with van der Waals surface area (Å²) in [7, 11) is 2.90. The van der Waals surface area contributed by atoms with Crippen molar-refractivity contribution in [1.29, 1.82) is 0 Å². The lowest BCUT2D eigenvalue weighted by Gasteiger charge is -2.25. The molecule has 0 radical (unpaired) electrons. The van der Waals surface area contributed by atoms with Crippen molar-refractivity contribution in [3.8, 4) is 5.75 Å². The lowest BCUT2D eigenvalue weighted by Crippen LogP contribution is -2.46. The number of anilines is 1. The largest absolute Gasteiger partial charge is 0.412 e. The fourth-order valence-electron chi connectivity index (χ4n) is 3.69. The number of carbonyl (C=O) groups excluding carboxylic acids is 4. The molecule has 1 aliphatic heterocycles. The molecule has 0 aliphatic carbocycles. The van der Waals surface area contributed by atoms with Crippen LogP contribution in [0.25, 0.3) is 0 Å². The lowest BCUT2D eigenvalue weighted by atomic mass is 10.1. The zero-order valence-corrected chi connectivity index (χ0v) is 18.3. The van der Waals surface area contributed by atoms with Gasteiger partial charge < -0.3 is 30.4 Å². The van der Waals surface area contributed by atoms with E-state index in [0.29, 0.717) is 23.1 Å². The van der Waals surface area contributed by atoms with Gasteiger partial charge in [0.05, 0.1) is 0 Å². The van der Waals surface area contributed by atoms with Gasteiger partial charge in [0.15, 0.2) is 0 Å². The van der Waals surface area contributed by atoms with Crippen LogP contribution < -0.4 is 20.7 Å². The maximum atomic E-state index is 14.3. The highest BCUT2D eigenvalue weighted by Crippen LogP contribution is 2.32. The molecule has 174 valence electrons. The van der Waals surface area contributed by atoms with Gasteiger partial charge in [-0.1, -0.05) is 6.07 Å². The van der Waals surface area contributed by atoms with Crippen LogP contribution in [-0.2, 0) is 22.7 Å². The molecular weight excluding hydrogens is 431 g/mol. The molecule has 10 heteroatoms. The highest BCUT2D eigenvalue weighted by Gasteiger charge is 2.36. The van der Waals surface area contributed by atoms with E-state index in [0.717, 1.165) is 0 Å². The van der Waals surface area contributed by atoms with Gasteiger partial charge in [0, 0.05) is 56.0 Å². The first-order chi connectivity index (χ1) is 15.9. The standard InChI is InChI=1S/C23H25FN4O5/c1-25-21(30)20(7-4-10-29)28-13-17-16(22(28)31)5-3-6-19(17)27-12-14-11-15(8-9-18(14)24)33-23(32)26-2/h3,5-6,8-11,20,27H,4,7,12-13H2,1-2H3,(H,25,30)(H,26,32). The minimum atomic E-state index is -0.774. The molecule has 0 saturated carbocycles. The molecule has 0 saturated heterocycles. The van der Waals surface area contributed by atoms with Crippen LogP contribution >= 0.6 is 0 Å². The summed E-state index contributed by atoms with van der Waals surface area (Å²) in [6.07, 6.45) is 0.416. The van der Waals surface area contributed by atoms with E-state index >= 15 is 0 Å². The molecule has 3 rings (SSSR count). The molecule has 0 fully saturated rings. The zero-order valence-electron chi connectivity index (χ0n) is 18.3. The van der Waals surface area contributed by atoms with Crippen molar-refractivity contribution in [1.82, 2.24) is 15.5 Å². The SMILES string of the molecule is CNC(=O)Oc1ccc(F)c(CNc2cccc3c2CN(C(CCC=O)C(=O)NC)C3=O)c1. The topological polar surface area (TPSA) is 117 Å². The Bertz CT molecular complexity index is 1070. The van der Waals surface area contributed by atoms with Gasteiger partial charge in [-0.25, -0.2) is 9.18 Å². The van der Waals surface area contributed by atoms with Gasteiger partial charge in [-0.15, -0.1) is 0 Å². The van der Waals surface area contributed by atoms with Gasteiger partial charge in [-0.05, 0) is 36.8 Å². The molecule has 3 amide bonds. The number of hydrogen-bond acceptors (Lipinski definition) is 6. The Morgan fingerprint density at radius 2 is 2.00 bits per heavy atom. The van der Waals surface area contributed by atoms with E-state index < -0.39 is 18.0 Å². The number of halogens is 1. The number of amides is 3. The van der Waals surface area contributed by atoms with Gasteiger partial charge in [0.1, 0.15) is 23.9 Å². The van der Waals surface area contributed by atoms with Crippen molar-refractivity contribution in [2.75, 3.05) is 19.4 Å². The molecule has 0 spiro atoms. The fraction of sp³-hybridized carbons (Fsp3) is 0.304. The number of ether oxygens (including phenoxy) is 1. The number of benzene rings is 2. The Labute approximate surface area is 190 Å². The number of carbonyl (C=O) groups is 4. The average molecular weight is 456 g/mol. The molecule has 9 nitrogen and oxygen atoms in total. The van der Waals surface area contributed by atoms with Gasteiger partial charge in [0.25, 0.3) is 5.91 Å². The van der Waals surface area contributed by atoms with E-state index in [1.807, 2.05) is 0 Å². The van der Waals surface area contributed by atoms with Crippen molar-refractivity contribution in [3.05, 3.63) is 58.9 Å². The minimum Gasteiger partial charge on any atom is -0.410 e. The van der Waals surface area contributed by atoms with E-state index in [-0.39, 0.29) is 49.1 Å². The predicted molar refractivity (Wildman–Crippen MR) is 118 cm³/mol. The van der Waals surface area contributed by atoms with Crippen molar-refractivity contribution in [2.24, 2.45) is 0 Å². The van der Waals surface area contributed by atoms with Gasteiger partial charge >= 0.3 is 6.09 Å². The predicted octanol–water partition coefficient (Wildman–Crippen LogP) is 2.21. The molecule has 1 aliphatic rings. The second kappa shape index (κ2) is 10.6. The van der Waals surface area contributed by atoms with Crippen molar-refractivity contribution in [2.45, 2.75) is 32.0 Å². The first-order valence-electron chi connectivity index (χ1n) is 10.4. The molecule has 2 aromatic rings. The Hall–Kier alpha value is -3.95. The minimum absolute atomic E-state index is 0.0748. The first kappa shape index (κ1) is 23.7. The van der Waals surface area contributed by atoms with Crippen molar-refractivity contribution in [3.63, 3.8) is 0 Å². The third-order valence-corrected chi connectivity index (χ3v) is 5.38. The quantitative estimate of drug-likeness (QED) is 0.498. The van der Waals surface area contributed by atoms with E-state index in [4.69, 9.17) is 4.74 Å². The van der Waals surface area contributed by atoms with Gasteiger partial charge in [-0.3, -0.25) is 9.59 Å². The third kappa shape index (κ3) is 5.28. The molecule has 1 atom stereocenters. The highest BCUT2D eigenvalue weighted by molar-refractivity contribution is 6.02. The number of aldehydes is 1. The average Bonchev–Trinajstić information content (AvgIpc) is 3.16. The zero-order chi connectivity index (χ0) is 24.0. The summed E-state index contributed by atoms with van der Waals surface area (Å²) in [6.45, 7) is 0.252. The van der Waals surface area contributed by atoms with Crippen molar-refractivity contribution >= 4 is 29.9 Å². The van der Waals surface area contributed by atoms with Gasteiger partial charge in [-0.2, -0.15) is 0 Å². The van der Waals surface area contributed by atoms with E-state index in [1.165, 1.54) is 37.2 Å². The summed E-state index contributed by atoms with van der Waals surface area (Å²) in [5.74, 6) is -0.941. The molecule has 2 aromatic carbocycles. The summed E-state index contributed by atoms with van der Waals surface area (Å²) in [4.78, 5) is 49.0. The second-order valence-electron chi connectivity index (χ2n) is 7.39. The van der Waals surface area contributed by atoms with Crippen LogP contribution in [0.3, 0.4) is 0 Å². The normalized spacial score (nSPS) is 13.2. The molecule has 0 bridgehead atoms. The summed E-state index contributed by atoms with van der Waals surface area (Å²) >= 11 is 0. The van der Waals surface area contributed by atoms with Crippen LogP contribution in [0.15, 0.2) is 36.4 Å². The number of fused-ring (bicyclic) bond motifs is 1. The molecule has 0 aromatic heterocycles. The van der Waals surface area contributed by atoms with Crippen LogP contribution in [0.1, 0.15) is 34.3 Å². The first-order valence-corrected chi connectivity index (χ1v) is 10.4. The van der Waals surface area contributed by atoms with Crippen LogP contribution in [0, 0.1) is 5.82 Å². The maximum Gasteiger partial charge on any atom is 0.412 e. The molecular formula is C23H25FN4O5. The Morgan fingerprint density at radius 1 is 1.21 bits per heavy atom. The third-order valence-electron chi connectivity index (χ3n) is 5.38. The summed E-state index contributed by atoms with van der Waals surface area (Å²) in [5, 5.41) is 7.99. The monoisotopic (exact) mass is 456 g/mol. The highest BCUT2D eigenvalue weighted by atomic mass is 19.1. The van der Waals surface area contributed by atoms with Crippen LogP contribution in [-0.4, -0.2) is 49.2 Å². The van der Waals surface area contributed by atoms with E-state index in [9.17, 15) is 23.6 Å². The molecule has 1 unspecified atom stereocenters. The Balaban J connectivity index is 1.80. The summed E-state index contributed by atoms with van der Waals surface area (Å²) in [5.41, 5.74) is 2.01. The fourth-order valence-corrected chi connectivity index (χ4v) is 3.69. The molecule has 1 heterocycles. The Morgan fingerprint density at radius 3 is 2.70 bits per heavy atom. The van der Waals surface area contributed by atoms with Crippen LogP contribution in [0.5, 0.6) is 5.75 Å². The maximum absolute atomic E-state index is 14.3. The lowest BCUT2D eigenvalue weighted by molar-refractivity contribution is -0.125. The Kier molecular flexibility index (Phi) is 7.60. The van der Waals surface area contributed by atoms with E-state index in [2.05, 4.69) is 16.0 Å².